The molecule has 1 fully saturated rings. The Balaban J connectivity index is 2.15. The molecule has 1 N–H and O–H groups in total. The molecule has 3 aromatic rings. The number of H-pyrrole nitrogens is 1. The molecule has 0 aliphatic heterocycles. The van der Waals surface area contributed by atoms with E-state index in [2.05, 4.69) is 4.98 Å². The zero-order chi connectivity index (χ0) is 16.1. The van der Waals surface area contributed by atoms with Gasteiger partial charge in [-0.15, -0.1) is 0 Å². The summed E-state index contributed by atoms with van der Waals surface area (Å²) in [6.45, 7) is 0. The Bertz CT molecular complexity index is 1050. The van der Waals surface area contributed by atoms with Crippen molar-refractivity contribution in [3.63, 3.8) is 0 Å². The van der Waals surface area contributed by atoms with E-state index >= 15 is 0 Å². The SMILES string of the molecule is O=c1[nH]c(=O)n(-c2ccccc2Cl)c2cc(C3CC3)c(Cl)cc12. The van der Waals surface area contributed by atoms with Gasteiger partial charge in [-0.05, 0) is 48.6 Å². The van der Waals surface area contributed by atoms with Crippen LogP contribution < -0.4 is 11.2 Å². The van der Waals surface area contributed by atoms with E-state index in [0.717, 1.165) is 18.4 Å². The molecule has 1 aliphatic carbocycles. The van der Waals surface area contributed by atoms with Crippen LogP contribution in [0.15, 0.2) is 46.0 Å². The van der Waals surface area contributed by atoms with Crippen molar-refractivity contribution >= 4 is 34.1 Å². The van der Waals surface area contributed by atoms with E-state index in [1.165, 1.54) is 4.57 Å². The van der Waals surface area contributed by atoms with Crippen molar-refractivity contribution < 1.29 is 0 Å². The van der Waals surface area contributed by atoms with E-state index in [4.69, 9.17) is 23.2 Å². The second kappa shape index (κ2) is 5.25. The highest BCUT2D eigenvalue weighted by Gasteiger charge is 2.27. The Morgan fingerprint density at radius 3 is 2.48 bits per heavy atom. The second-order valence-electron chi connectivity index (χ2n) is 5.71. The summed E-state index contributed by atoms with van der Waals surface area (Å²) in [6.07, 6.45) is 2.15. The van der Waals surface area contributed by atoms with Crippen LogP contribution in [-0.4, -0.2) is 9.55 Å². The van der Waals surface area contributed by atoms with Gasteiger partial charge in [-0.1, -0.05) is 35.3 Å². The highest BCUT2D eigenvalue weighted by atomic mass is 35.5. The lowest BCUT2D eigenvalue weighted by atomic mass is 10.1. The average Bonchev–Trinajstić information content (AvgIpc) is 3.34. The number of nitrogens with one attached hydrogen (secondary N) is 1. The minimum atomic E-state index is -0.514. The Morgan fingerprint density at radius 2 is 1.78 bits per heavy atom. The summed E-state index contributed by atoms with van der Waals surface area (Å²) in [5.74, 6) is 0.404. The monoisotopic (exact) mass is 346 g/mol. The zero-order valence-corrected chi connectivity index (χ0v) is 13.5. The summed E-state index contributed by atoms with van der Waals surface area (Å²) in [5.41, 5.74) is 1.07. The number of nitrogens with zero attached hydrogens (tertiary/aromatic N) is 1. The summed E-state index contributed by atoms with van der Waals surface area (Å²) in [4.78, 5) is 26.9. The third-order valence-electron chi connectivity index (χ3n) is 4.13. The number of fused-ring (bicyclic) bond motifs is 1. The van der Waals surface area contributed by atoms with Crippen molar-refractivity contribution in [2.75, 3.05) is 0 Å². The van der Waals surface area contributed by atoms with Gasteiger partial charge in [0, 0.05) is 5.02 Å². The van der Waals surface area contributed by atoms with E-state index in [1.807, 2.05) is 6.07 Å². The van der Waals surface area contributed by atoms with Crippen LogP contribution in [0.4, 0.5) is 0 Å². The molecule has 0 unspecified atom stereocenters. The maximum atomic E-state index is 12.4. The minimum absolute atomic E-state index is 0.374. The smallest absolute Gasteiger partial charge is 0.273 e. The van der Waals surface area contributed by atoms with Crippen molar-refractivity contribution in [3.05, 3.63) is 72.8 Å². The van der Waals surface area contributed by atoms with Crippen molar-refractivity contribution in [1.29, 1.82) is 0 Å². The quantitative estimate of drug-likeness (QED) is 0.765. The number of para-hydroxylation sites is 1. The van der Waals surface area contributed by atoms with Crippen molar-refractivity contribution in [3.8, 4) is 5.69 Å². The molecule has 4 nitrogen and oxygen atoms in total. The first-order chi connectivity index (χ1) is 11.1. The Hall–Kier alpha value is -2.04. The third-order valence-corrected chi connectivity index (χ3v) is 4.78. The summed E-state index contributed by atoms with van der Waals surface area (Å²) >= 11 is 12.6. The van der Waals surface area contributed by atoms with Crippen LogP contribution in [-0.2, 0) is 0 Å². The lowest BCUT2D eigenvalue weighted by Gasteiger charge is -2.13. The summed E-state index contributed by atoms with van der Waals surface area (Å²) in [5, 5.41) is 1.37. The molecule has 6 heteroatoms. The number of hydrogen-bond acceptors (Lipinski definition) is 2. The Labute approximate surface area is 141 Å². The molecule has 23 heavy (non-hydrogen) atoms. The van der Waals surface area contributed by atoms with Crippen molar-refractivity contribution in [1.82, 2.24) is 9.55 Å². The predicted molar refractivity (Wildman–Crippen MR) is 92.2 cm³/mol. The van der Waals surface area contributed by atoms with Crippen LogP contribution in [0.5, 0.6) is 0 Å². The number of benzene rings is 2. The standard InChI is InChI=1S/C17H12Cl2N2O2/c18-12-3-1-2-4-14(12)21-15-8-10(9-5-6-9)13(19)7-11(15)16(22)20-17(21)23/h1-4,7-9H,5-6H2,(H,20,22,23). The average molecular weight is 347 g/mol. The first-order valence-corrected chi connectivity index (χ1v) is 8.05. The Morgan fingerprint density at radius 1 is 1.04 bits per heavy atom. The van der Waals surface area contributed by atoms with Crippen LogP contribution in [0, 0.1) is 0 Å². The number of aromatic nitrogens is 2. The lowest BCUT2D eigenvalue weighted by Crippen LogP contribution is -2.29. The van der Waals surface area contributed by atoms with Crippen LogP contribution in [0.3, 0.4) is 0 Å². The van der Waals surface area contributed by atoms with Crippen molar-refractivity contribution in [2.45, 2.75) is 18.8 Å². The molecule has 4 rings (SSSR count). The molecule has 0 bridgehead atoms. The minimum Gasteiger partial charge on any atom is -0.273 e. The van der Waals surface area contributed by atoms with Gasteiger partial charge in [0.2, 0.25) is 0 Å². The lowest BCUT2D eigenvalue weighted by molar-refractivity contribution is 0.940. The van der Waals surface area contributed by atoms with Gasteiger partial charge in [0.1, 0.15) is 0 Å². The zero-order valence-electron chi connectivity index (χ0n) is 12.0. The topological polar surface area (TPSA) is 54.9 Å². The molecule has 0 radical (unpaired) electrons. The second-order valence-corrected chi connectivity index (χ2v) is 6.53. The van der Waals surface area contributed by atoms with E-state index in [0.29, 0.717) is 32.6 Å². The molecule has 1 saturated carbocycles. The molecule has 1 aromatic heterocycles. The maximum Gasteiger partial charge on any atom is 0.333 e. The van der Waals surface area contributed by atoms with E-state index in [-0.39, 0.29) is 0 Å². The molecule has 0 saturated heterocycles. The highest BCUT2D eigenvalue weighted by molar-refractivity contribution is 6.33. The van der Waals surface area contributed by atoms with Crippen LogP contribution in [0.2, 0.25) is 10.0 Å². The molecule has 2 aromatic carbocycles. The molecule has 1 aliphatic rings. The fourth-order valence-corrected chi connectivity index (χ4v) is 3.39. The molecule has 1 heterocycles. The number of halogens is 2. The van der Waals surface area contributed by atoms with Gasteiger partial charge >= 0.3 is 5.69 Å². The fraction of sp³-hybridized carbons (Fsp3) is 0.176. The normalized spacial score (nSPS) is 14.3. The molecule has 0 atom stereocenters. The van der Waals surface area contributed by atoms with Gasteiger partial charge in [-0.3, -0.25) is 14.3 Å². The number of aromatic amines is 1. The third kappa shape index (κ3) is 2.38. The van der Waals surface area contributed by atoms with E-state index < -0.39 is 11.2 Å². The van der Waals surface area contributed by atoms with Crippen molar-refractivity contribution in [2.24, 2.45) is 0 Å². The van der Waals surface area contributed by atoms with Gasteiger partial charge in [0.15, 0.2) is 0 Å². The first-order valence-electron chi connectivity index (χ1n) is 7.29. The van der Waals surface area contributed by atoms with E-state index in [1.54, 1.807) is 30.3 Å². The first kappa shape index (κ1) is 14.5. The van der Waals surface area contributed by atoms with Gasteiger partial charge in [0.25, 0.3) is 5.56 Å². The van der Waals surface area contributed by atoms with Gasteiger partial charge in [-0.2, -0.15) is 0 Å². The Kier molecular flexibility index (Phi) is 3.32. The molecular formula is C17H12Cl2N2O2. The largest absolute Gasteiger partial charge is 0.333 e. The van der Waals surface area contributed by atoms with Crippen LogP contribution >= 0.6 is 23.2 Å². The van der Waals surface area contributed by atoms with Crippen LogP contribution in [0.25, 0.3) is 16.6 Å². The number of hydrogen-bond donors (Lipinski definition) is 1. The summed E-state index contributed by atoms with van der Waals surface area (Å²) in [7, 11) is 0. The summed E-state index contributed by atoms with van der Waals surface area (Å²) in [6, 6.07) is 10.5. The molecular weight excluding hydrogens is 335 g/mol. The molecule has 0 amide bonds. The van der Waals surface area contributed by atoms with Gasteiger partial charge < -0.3 is 0 Å². The summed E-state index contributed by atoms with van der Waals surface area (Å²) < 4.78 is 1.43. The van der Waals surface area contributed by atoms with Gasteiger partial charge in [0.05, 0.1) is 21.6 Å². The fourth-order valence-electron chi connectivity index (χ4n) is 2.85. The van der Waals surface area contributed by atoms with Crippen LogP contribution in [0.1, 0.15) is 24.3 Å². The van der Waals surface area contributed by atoms with E-state index in [9.17, 15) is 9.59 Å². The molecule has 116 valence electrons. The maximum absolute atomic E-state index is 12.4. The highest BCUT2D eigenvalue weighted by Crippen LogP contribution is 2.44. The number of rotatable bonds is 2. The predicted octanol–water partition coefficient (Wildman–Crippen LogP) is 3.86. The van der Waals surface area contributed by atoms with Gasteiger partial charge in [-0.25, -0.2) is 4.79 Å². The molecule has 0 spiro atoms.